The standard InChI is InChI=1S/C23H27N5O3/c1-16(2)14-31-23(30)27-11-9-17(10-12-27)22(29)26-18-7-8-21(24-13-18)28-15-25-19-5-3-4-6-20(19)28/h3-8,13,15-17H,9-12,14H2,1-2H3,(H,26,29). The summed E-state index contributed by atoms with van der Waals surface area (Å²) in [6, 6.07) is 11.6. The van der Waals surface area contributed by atoms with Crippen LogP contribution >= 0.6 is 0 Å². The Labute approximate surface area is 181 Å². The number of nitrogens with zero attached hydrogens (tertiary/aromatic N) is 4. The number of nitrogens with one attached hydrogen (secondary N) is 1. The molecule has 1 aliphatic rings. The van der Waals surface area contributed by atoms with Gasteiger partial charge in [0.25, 0.3) is 0 Å². The van der Waals surface area contributed by atoms with Crippen LogP contribution in [-0.2, 0) is 9.53 Å². The number of ether oxygens (including phenoxy) is 1. The van der Waals surface area contributed by atoms with Gasteiger partial charge in [0.05, 0.1) is 29.5 Å². The third-order valence-electron chi connectivity index (χ3n) is 5.38. The van der Waals surface area contributed by atoms with Crippen molar-refractivity contribution in [3.63, 3.8) is 0 Å². The van der Waals surface area contributed by atoms with Gasteiger partial charge >= 0.3 is 6.09 Å². The van der Waals surface area contributed by atoms with E-state index in [9.17, 15) is 9.59 Å². The third-order valence-corrected chi connectivity index (χ3v) is 5.38. The molecule has 0 atom stereocenters. The minimum absolute atomic E-state index is 0.0437. The second kappa shape index (κ2) is 9.16. The number of imidazole rings is 1. The van der Waals surface area contributed by atoms with Crippen LogP contribution in [0, 0.1) is 11.8 Å². The van der Waals surface area contributed by atoms with E-state index in [2.05, 4.69) is 15.3 Å². The van der Waals surface area contributed by atoms with Gasteiger partial charge in [0.15, 0.2) is 0 Å². The van der Waals surface area contributed by atoms with Crippen LogP contribution in [0.5, 0.6) is 0 Å². The highest BCUT2D eigenvalue weighted by atomic mass is 16.6. The Balaban J connectivity index is 1.32. The number of rotatable bonds is 5. The molecule has 4 rings (SSSR count). The SMILES string of the molecule is CC(C)COC(=O)N1CCC(C(=O)Nc2ccc(-n3cnc4ccccc43)nc2)CC1. The number of piperidine rings is 1. The van der Waals surface area contributed by atoms with Gasteiger partial charge in [-0.1, -0.05) is 26.0 Å². The van der Waals surface area contributed by atoms with E-state index in [1.807, 2.05) is 54.8 Å². The van der Waals surface area contributed by atoms with Crippen LogP contribution in [0.25, 0.3) is 16.9 Å². The van der Waals surface area contributed by atoms with Gasteiger partial charge in [-0.15, -0.1) is 0 Å². The van der Waals surface area contributed by atoms with Crippen molar-refractivity contribution in [1.29, 1.82) is 0 Å². The van der Waals surface area contributed by atoms with Crippen LogP contribution in [0.15, 0.2) is 48.9 Å². The number of aromatic nitrogens is 3. The molecule has 1 saturated heterocycles. The third kappa shape index (κ3) is 4.84. The monoisotopic (exact) mass is 421 g/mol. The number of hydrogen-bond donors (Lipinski definition) is 1. The maximum Gasteiger partial charge on any atom is 0.409 e. The molecule has 1 N–H and O–H groups in total. The first kappa shape index (κ1) is 20.8. The summed E-state index contributed by atoms with van der Waals surface area (Å²) in [7, 11) is 0. The van der Waals surface area contributed by atoms with E-state index in [4.69, 9.17) is 4.74 Å². The lowest BCUT2D eigenvalue weighted by atomic mass is 9.96. The summed E-state index contributed by atoms with van der Waals surface area (Å²) < 4.78 is 7.19. The predicted molar refractivity (Wildman–Crippen MR) is 118 cm³/mol. The molecular formula is C23H27N5O3. The summed E-state index contributed by atoms with van der Waals surface area (Å²) >= 11 is 0. The highest BCUT2D eigenvalue weighted by Gasteiger charge is 2.28. The number of carbonyl (C=O) groups excluding carboxylic acids is 2. The normalized spacial score (nSPS) is 14.7. The number of hydrogen-bond acceptors (Lipinski definition) is 5. The van der Waals surface area contributed by atoms with Crippen molar-refractivity contribution >= 4 is 28.7 Å². The molecule has 3 heterocycles. The largest absolute Gasteiger partial charge is 0.449 e. The quantitative estimate of drug-likeness (QED) is 0.676. The molecule has 2 aromatic heterocycles. The minimum Gasteiger partial charge on any atom is -0.449 e. The van der Waals surface area contributed by atoms with Gasteiger partial charge in [-0.3, -0.25) is 9.36 Å². The molecule has 2 amide bonds. The van der Waals surface area contributed by atoms with Gasteiger partial charge in [0, 0.05) is 19.0 Å². The van der Waals surface area contributed by atoms with Crippen LogP contribution in [0.2, 0.25) is 0 Å². The Morgan fingerprint density at radius 2 is 1.90 bits per heavy atom. The minimum atomic E-state index is -0.292. The van der Waals surface area contributed by atoms with Crippen LogP contribution in [0.1, 0.15) is 26.7 Å². The molecule has 0 unspecified atom stereocenters. The number of benzene rings is 1. The number of para-hydroxylation sites is 2. The summed E-state index contributed by atoms with van der Waals surface area (Å²) in [5, 5.41) is 2.94. The van der Waals surface area contributed by atoms with E-state index in [1.54, 1.807) is 17.4 Å². The maximum atomic E-state index is 12.7. The Morgan fingerprint density at radius 1 is 1.13 bits per heavy atom. The summed E-state index contributed by atoms with van der Waals surface area (Å²) in [6.07, 6.45) is 4.34. The van der Waals surface area contributed by atoms with Gasteiger partial charge in [-0.25, -0.2) is 14.8 Å². The second-order valence-corrected chi connectivity index (χ2v) is 8.23. The average Bonchev–Trinajstić information content (AvgIpc) is 3.22. The van der Waals surface area contributed by atoms with Crippen molar-refractivity contribution in [2.75, 3.05) is 25.0 Å². The highest BCUT2D eigenvalue weighted by molar-refractivity contribution is 5.92. The van der Waals surface area contributed by atoms with Crippen molar-refractivity contribution in [3.8, 4) is 5.82 Å². The lowest BCUT2D eigenvalue weighted by molar-refractivity contribution is -0.121. The highest BCUT2D eigenvalue weighted by Crippen LogP contribution is 2.21. The molecular weight excluding hydrogens is 394 g/mol. The van der Waals surface area contributed by atoms with Crippen molar-refractivity contribution in [1.82, 2.24) is 19.4 Å². The van der Waals surface area contributed by atoms with Crippen LogP contribution in [-0.4, -0.2) is 51.1 Å². The smallest absolute Gasteiger partial charge is 0.409 e. The first-order valence-corrected chi connectivity index (χ1v) is 10.6. The van der Waals surface area contributed by atoms with E-state index < -0.39 is 0 Å². The van der Waals surface area contributed by atoms with Crippen molar-refractivity contribution in [2.45, 2.75) is 26.7 Å². The van der Waals surface area contributed by atoms with Gasteiger partial charge in [-0.2, -0.15) is 0 Å². The van der Waals surface area contributed by atoms with E-state index in [1.165, 1.54) is 0 Å². The van der Waals surface area contributed by atoms with Gasteiger partial charge in [-0.05, 0) is 43.0 Å². The van der Waals surface area contributed by atoms with Crippen molar-refractivity contribution < 1.29 is 14.3 Å². The first-order chi connectivity index (χ1) is 15.0. The molecule has 8 heteroatoms. The molecule has 3 aromatic rings. The lowest BCUT2D eigenvalue weighted by Gasteiger charge is -2.30. The lowest BCUT2D eigenvalue weighted by Crippen LogP contribution is -2.42. The fraction of sp³-hybridized carbons (Fsp3) is 0.391. The average molecular weight is 422 g/mol. The molecule has 31 heavy (non-hydrogen) atoms. The fourth-order valence-corrected chi connectivity index (χ4v) is 3.64. The van der Waals surface area contributed by atoms with Crippen molar-refractivity contribution in [3.05, 3.63) is 48.9 Å². The van der Waals surface area contributed by atoms with E-state index >= 15 is 0 Å². The number of fused-ring (bicyclic) bond motifs is 1. The molecule has 1 fully saturated rings. The first-order valence-electron chi connectivity index (χ1n) is 10.6. The van der Waals surface area contributed by atoms with Gasteiger partial charge < -0.3 is 15.0 Å². The topological polar surface area (TPSA) is 89.4 Å². The maximum absolute atomic E-state index is 12.7. The number of likely N-dealkylation sites (tertiary alicyclic amines) is 1. The molecule has 162 valence electrons. The Morgan fingerprint density at radius 3 is 2.61 bits per heavy atom. The zero-order valence-corrected chi connectivity index (χ0v) is 17.8. The van der Waals surface area contributed by atoms with Crippen LogP contribution in [0.3, 0.4) is 0 Å². The Hall–Kier alpha value is -3.42. The number of amides is 2. The molecule has 0 bridgehead atoms. The van der Waals surface area contributed by atoms with Gasteiger partial charge in [0.2, 0.25) is 5.91 Å². The fourth-order valence-electron chi connectivity index (χ4n) is 3.64. The number of anilines is 1. The molecule has 0 saturated carbocycles. The molecule has 8 nitrogen and oxygen atoms in total. The van der Waals surface area contributed by atoms with Crippen LogP contribution in [0.4, 0.5) is 10.5 Å². The van der Waals surface area contributed by atoms with E-state index in [0.717, 1.165) is 16.9 Å². The van der Waals surface area contributed by atoms with Gasteiger partial charge in [0.1, 0.15) is 12.1 Å². The van der Waals surface area contributed by atoms with E-state index in [-0.39, 0.29) is 17.9 Å². The molecule has 0 spiro atoms. The predicted octanol–water partition coefficient (Wildman–Crippen LogP) is 3.86. The molecule has 0 aliphatic carbocycles. The summed E-state index contributed by atoms with van der Waals surface area (Å²) in [5.41, 5.74) is 2.53. The summed E-state index contributed by atoms with van der Waals surface area (Å²) in [6.45, 7) is 5.47. The summed E-state index contributed by atoms with van der Waals surface area (Å²) in [5.74, 6) is 0.865. The molecule has 1 aromatic carbocycles. The van der Waals surface area contributed by atoms with Crippen molar-refractivity contribution in [2.24, 2.45) is 11.8 Å². The number of pyridine rings is 1. The Bertz CT molecular complexity index is 1050. The van der Waals surface area contributed by atoms with E-state index in [0.29, 0.717) is 44.1 Å². The molecule has 0 radical (unpaired) electrons. The Kier molecular flexibility index (Phi) is 6.16. The van der Waals surface area contributed by atoms with Crippen LogP contribution < -0.4 is 5.32 Å². The summed E-state index contributed by atoms with van der Waals surface area (Å²) in [4.78, 5) is 35.3. The molecule has 1 aliphatic heterocycles. The number of carbonyl (C=O) groups is 2. The zero-order chi connectivity index (χ0) is 21.8. The second-order valence-electron chi connectivity index (χ2n) is 8.23. The zero-order valence-electron chi connectivity index (χ0n) is 17.8.